The van der Waals surface area contributed by atoms with Crippen LogP contribution in [0.3, 0.4) is 0 Å². The van der Waals surface area contributed by atoms with Gasteiger partial charge in [-0.3, -0.25) is 4.79 Å². The Bertz CT molecular complexity index is 659. The summed E-state index contributed by atoms with van der Waals surface area (Å²) in [6.07, 6.45) is 16.6. The maximum atomic E-state index is 12.1. The molecular weight excluding hydrogens is 322 g/mol. The first-order chi connectivity index (χ1) is 12.7. The molecule has 3 nitrogen and oxygen atoms in total. The second kappa shape index (κ2) is 11.8. The summed E-state index contributed by atoms with van der Waals surface area (Å²) in [5, 5.41) is 1.00. The number of aromatic nitrogens is 1. The van der Waals surface area contributed by atoms with E-state index in [1.807, 2.05) is 42.1 Å². The maximum absolute atomic E-state index is 12.1. The van der Waals surface area contributed by atoms with Crippen LogP contribution in [0.15, 0.2) is 30.5 Å². The van der Waals surface area contributed by atoms with E-state index >= 15 is 0 Å². The third-order valence-corrected chi connectivity index (χ3v) is 5.07. The smallest absolute Gasteiger partial charge is 0.311 e. The van der Waals surface area contributed by atoms with E-state index < -0.39 is 0 Å². The van der Waals surface area contributed by atoms with Crippen LogP contribution in [0.1, 0.15) is 84.0 Å². The highest BCUT2D eigenvalue weighted by Gasteiger charge is 2.11. The van der Waals surface area contributed by atoms with Crippen molar-refractivity contribution in [2.24, 2.45) is 7.05 Å². The molecule has 2 rings (SSSR count). The summed E-state index contributed by atoms with van der Waals surface area (Å²) < 4.78 is 7.58. The molecule has 0 aliphatic carbocycles. The minimum atomic E-state index is -0.114. The summed E-state index contributed by atoms with van der Waals surface area (Å²) in [7, 11) is 1.98. The van der Waals surface area contributed by atoms with Gasteiger partial charge >= 0.3 is 5.97 Å². The van der Waals surface area contributed by atoms with Crippen LogP contribution in [0.5, 0.6) is 5.75 Å². The van der Waals surface area contributed by atoms with Crippen LogP contribution in [0.25, 0.3) is 10.9 Å². The summed E-state index contributed by atoms with van der Waals surface area (Å²) in [5.74, 6) is 0.563. The number of hydrogen-bond donors (Lipinski definition) is 0. The molecule has 1 aromatic heterocycles. The van der Waals surface area contributed by atoms with Gasteiger partial charge in [0, 0.05) is 25.1 Å². The number of carbonyl (C=O) groups excluding carboxylic acids is 1. The Labute approximate surface area is 158 Å². The Balaban J connectivity index is 1.54. The van der Waals surface area contributed by atoms with E-state index in [1.165, 1.54) is 57.8 Å². The second-order valence-electron chi connectivity index (χ2n) is 7.38. The quantitative estimate of drug-likeness (QED) is 0.292. The van der Waals surface area contributed by atoms with E-state index in [0.29, 0.717) is 12.2 Å². The van der Waals surface area contributed by atoms with Crippen LogP contribution >= 0.6 is 0 Å². The van der Waals surface area contributed by atoms with E-state index in [9.17, 15) is 4.79 Å². The van der Waals surface area contributed by atoms with Crippen LogP contribution in [-0.4, -0.2) is 10.5 Å². The fourth-order valence-corrected chi connectivity index (χ4v) is 3.49. The number of ether oxygens (including phenoxy) is 1. The predicted octanol–water partition coefficient (Wildman–Crippen LogP) is 6.78. The van der Waals surface area contributed by atoms with Gasteiger partial charge in [0.05, 0.1) is 5.52 Å². The van der Waals surface area contributed by atoms with Crippen molar-refractivity contribution in [3.05, 3.63) is 30.5 Å². The molecule has 0 saturated carbocycles. The van der Waals surface area contributed by atoms with Crippen molar-refractivity contribution in [1.29, 1.82) is 0 Å². The number of nitrogens with zero attached hydrogens (tertiary/aromatic N) is 1. The fraction of sp³-hybridized carbons (Fsp3) is 0.609. The van der Waals surface area contributed by atoms with Crippen molar-refractivity contribution in [1.82, 2.24) is 4.57 Å². The molecule has 0 bridgehead atoms. The highest BCUT2D eigenvalue weighted by molar-refractivity contribution is 5.89. The lowest BCUT2D eigenvalue weighted by molar-refractivity contribution is -0.134. The number of aryl methyl sites for hydroxylation is 1. The molecule has 0 atom stereocenters. The molecule has 0 N–H and O–H groups in total. The topological polar surface area (TPSA) is 31.2 Å². The number of carbonyl (C=O) groups is 1. The number of hydrogen-bond acceptors (Lipinski definition) is 2. The average Bonchev–Trinajstić information content (AvgIpc) is 2.96. The van der Waals surface area contributed by atoms with Crippen molar-refractivity contribution in [2.75, 3.05) is 0 Å². The zero-order chi connectivity index (χ0) is 18.6. The number of esters is 1. The standard InChI is InChI=1S/C23H35NO2/c1-3-4-5-6-7-8-9-10-11-12-13-18-23(25)26-22-19-24(2)21-17-15-14-16-20(21)22/h14-17,19H,3-13,18H2,1-2H3. The Kier molecular flexibility index (Phi) is 9.30. The highest BCUT2D eigenvalue weighted by Crippen LogP contribution is 2.27. The third kappa shape index (κ3) is 6.86. The van der Waals surface area contributed by atoms with Crippen molar-refractivity contribution >= 4 is 16.9 Å². The highest BCUT2D eigenvalue weighted by atomic mass is 16.5. The van der Waals surface area contributed by atoms with Crippen LogP contribution in [0.2, 0.25) is 0 Å². The molecule has 1 heterocycles. The molecule has 1 aromatic carbocycles. The van der Waals surface area contributed by atoms with E-state index in [2.05, 4.69) is 6.92 Å². The molecule has 0 aliphatic rings. The predicted molar refractivity (Wildman–Crippen MR) is 110 cm³/mol. The number of rotatable bonds is 13. The van der Waals surface area contributed by atoms with Crippen LogP contribution in [0.4, 0.5) is 0 Å². The summed E-state index contributed by atoms with van der Waals surface area (Å²) >= 11 is 0. The van der Waals surface area contributed by atoms with Gasteiger partial charge in [-0.05, 0) is 18.6 Å². The lowest BCUT2D eigenvalue weighted by Gasteiger charge is -2.04. The lowest BCUT2D eigenvalue weighted by atomic mass is 10.1. The van der Waals surface area contributed by atoms with Gasteiger partial charge in [-0.25, -0.2) is 0 Å². The molecule has 0 radical (unpaired) electrons. The molecule has 2 aromatic rings. The molecule has 0 spiro atoms. The van der Waals surface area contributed by atoms with Crippen LogP contribution < -0.4 is 4.74 Å². The molecule has 0 fully saturated rings. The first-order valence-corrected chi connectivity index (χ1v) is 10.5. The third-order valence-electron chi connectivity index (χ3n) is 5.07. The molecule has 3 heteroatoms. The van der Waals surface area contributed by atoms with Crippen molar-refractivity contribution in [3.63, 3.8) is 0 Å². The summed E-state index contributed by atoms with van der Waals surface area (Å²) in [6.45, 7) is 2.26. The minimum absolute atomic E-state index is 0.114. The molecule has 0 aliphatic heterocycles. The van der Waals surface area contributed by atoms with E-state index in [0.717, 1.165) is 23.7 Å². The molecule has 0 unspecified atom stereocenters. The van der Waals surface area contributed by atoms with E-state index in [4.69, 9.17) is 4.74 Å². The van der Waals surface area contributed by atoms with Crippen LogP contribution in [0, 0.1) is 0 Å². The zero-order valence-electron chi connectivity index (χ0n) is 16.6. The Morgan fingerprint density at radius 3 is 2.12 bits per heavy atom. The number of unbranched alkanes of at least 4 members (excludes halogenated alkanes) is 10. The van der Waals surface area contributed by atoms with Gasteiger partial charge in [0.2, 0.25) is 0 Å². The number of para-hydroxylation sites is 1. The minimum Gasteiger partial charge on any atom is -0.424 e. The van der Waals surface area contributed by atoms with Crippen molar-refractivity contribution < 1.29 is 9.53 Å². The second-order valence-corrected chi connectivity index (χ2v) is 7.38. The molecule has 144 valence electrons. The molecule has 0 amide bonds. The Hall–Kier alpha value is -1.77. The number of benzene rings is 1. The Morgan fingerprint density at radius 2 is 1.46 bits per heavy atom. The monoisotopic (exact) mass is 357 g/mol. The first-order valence-electron chi connectivity index (χ1n) is 10.5. The molecule has 26 heavy (non-hydrogen) atoms. The summed E-state index contributed by atoms with van der Waals surface area (Å²) in [5.41, 5.74) is 1.09. The molecular formula is C23H35NO2. The van der Waals surface area contributed by atoms with E-state index in [-0.39, 0.29) is 5.97 Å². The van der Waals surface area contributed by atoms with Gasteiger partial charge in [0.25, 0.3) is 0 Å². The Morgan fingerprint density at radius 1 is 0.885 bits per heavy atom. The van der Waals surface area contributed by atoms with Gasteiger partial charge in [-0.1, -0.05) is 83.3 Å². The molecule has 0 saturated heterocycles. The fourth-order valence-electron chi connectivity index (χ4n) is 3.49. The van der Waals surface area contributed by atoms with Gasteiger partial charge in [-0.15, -0.1) is 0 Å². The van der Waals surface area contributed by atoms with Crippen molar-refractivity contribution in [3.8, 4) is 5.75 Å². The maximum Gasteiger partial charge on any atom is 0.311 e. The number of fused-ring (bicyclic) bond motifs is 1. The van der Waals surface area contributed by atoms with Gasteiger partial charge in [0.1, 0.15) is 0 Å². The summed E-state index contributed by atoms with van der Waals surface area (Å²) in [4.78, 5) is 12.1. The SMILES string of the molecule is CCCCCCCCCCCCCC(=O)Oc1cn(C)c2ccccc12. The lowest BCUT2D eigenvalue weighted by Crippen LogP contribution is -2.07. The van der Waals surface area contributed by atoms with Crippen molar-refractivity contribution in [2.45, 2.75) is 84.0 Å². The van der Waals surface area contributed by atoms with Gasteiger partial charge in [0.15, 0.2) is 5.75 Å². The van der Waals surface area contributed by atoms with Crippen LogP contribution in [-0.2, 0) is 11.8 Å². The first kappa shape index (κ1) is 20.5. The summed E-state index contributed by atoms with van der Waals surface area (Å²) in [6, 6.07) is 8.01. The average molecular weight is 358 g/mol. The normalized spacial score (nSPS) is 11.2. The van der Waals surface area contributed by atoms with Gasteiger partial charge < -0.3 is 9.30 Å². The largest absolute Gasteiger partial charge is 0.424 e. The van der Waals surface area contributed by atoms with Gasteiger partial charge in [-0.2, -0.15) is 0 Å². The van der Waals surface area contributed by atoms with E-state index in [1.54, 1.807) is 0 Å². The zero-order valence-corrected chi connectivity index (χ0v) is 16.6.